The SMILES string of the molecule is CCCC1(CCC)CN(c2ccc(/C=C/C(=O)O)cc2)C1. The Hall–Kier alpha value is -1.77. The Kier molecular flexibility index (Phi) is 5.05. The van der Waals surface area contributed by atoms with Crippen LogP contribution in [0, 0.1) is 5.41 Å². The third kappa shape index (κ3) is 3.87. The lowest BCUT2D eigenvalue weighted by Gasteiger charge is -2.52. The number of carbonyl (C=O) groups is 1. The molecule has 1 aliphatic rings. The summed E-state index contributed by atoms with van der Waals surface area (Å²) >= 11 is 0. The maximum absolute atomic E-state index is 10.5. The first-order chi connectivity index (χ1) is 10.1. The number of aliphatic carboxylic acids is 1. The summed E-state index contributed by atoms with van der Waals surface area (Å²) in [5, 5.41) is 8.63. The number of carboxylic acid groups (broad SMARTS) is 1. The van der Waals surface area contributed by atoms with Crippen molar-refractivity contribution in [1.82, 2.24) is 0 Å². The highest BCUT2D eigenvalue weighted by molar-refractivity contribution is 5.85. The summed E-state index contributed by atoms with van der Waals surface area (Å²) < 4.78 is 0. The standard InChI is InChI=1S/C18H25NO2/c1-3-11-18(12-4-2)13-19(14-18)16-8-5-15(6-9-16)7-10-17(20)21/h5-10H,3-4,11-14H2,1-2H3,(H,20,21)/b10-7+. The van der Waals surface area contributed by atoms with Crippen molar-refractivity contribution in [2.45, 2.75) is 39.5 Å². The summed E-state index contributed by atoms with van der Waals surface area (Å²) in [5.74, 6) is -0.911. The van der Waals surface area contributed by atoms with Gasteiger partial charge in [0.25, 0.3) is 0 Å². The van der Waals surface area contributed by atoms with Gasteiger partial charge in [-0.2, -0.15) is 0 Å². The molecule has 0 aromatic heterocycles. The third-order valence-electron chi connectivity index (χ3n) is 4.29. The molecule has 2 rings (SSSR count). The van der Waals surface area contributed by atoms with Crippen molar-refractivity contribution in [2.75, 3.05) is 18.0 Å². The number of rotatable bonds is 7. The van der Waals surface area contributed by atoms with Crippen LogP contribution in [0.3, 0.4) is 0 Å². The van der Waals surface area contributed by atoms with Crippen molar-refractivity contribution in [3.8, 4) is 0 Å². The molecule has 114 valence electrons. The van der Waals surface area contributed by atoms with E-state index in [1.165, 1.54) is 37.4 Å². The molecule has 0 aliphatic carbocycles. The van der Waals surface area contributed by atoms with Gasteiger partial charge in [0.1, 0.15) is 0 Å². The van der Waals surface area contributed by atoms with Gasteiger partial charge in [-0.05, 0) is 36.6 Å². The Balaban J connectivity index is 1.97. The van der Waals surface area contributed by atoms with Gasteiger partial charge in [0, 0.05) is 30.3 Å². The summed E-state index contributed by atoms with van der Waals surface area (Å²) in [6.07, 6.45) is 7.94. The van der Waals surface area contributed by atoms with Crippen LogP contribution in [-0.4, -0.2) is 24.2 Å². The minimum absolute atomic E-state index is 0.519. The van der Waals surface area contributed by atoms with Crippen molar-refractivity contribution in [3.63, 3.8) is 0 Å². The molecule has 0 radical (unpaired) electrons. The Labute approximate surface area is 127 Å². The predicted octanol–water partition coefficient (Wildman–Crippen LogP) is 4.19. The molecule has 1 aliphatic heterocycles. The van der Waals surface area contributed by atoms with Gasteiger partial charge in [0.05, 0.1) is 0 Å². The van der Waals surface area contributed by atoms with E-state index in [-0.39, 0.29) is 0 Å². The van der Waals surface area contributed by atoms with Crippen LogP contribution in [0.25, 0.3) is 6.08 Å². The molecule has 21 heavy (non-hydrogen) atoms. The zero-order valence-corrected chi connectivity index (χ0v) is 13.0. The molecule has 1 saturated heterocycles. The van der Waals surface area contributed by atoms with Crippen molar-refractivity contribution in [2.24, 2.45) is 5.41 Å². The minimum atomic E-state index is -0.911. The molecule has 3 nitrogen and oxygen atoms in total. The van der Waals surface area contributed by atoms with Crippen molar-refractivity contribution < 1.29 is 9.90 Å². The molecule has 0 bridgehead atoms. The summed E-state index contributed by atoms with van der Waals surface area (Å²) in [6, 6.07) is 8.13. The molecule has 0 amide bonds. The summed E-state index contributed by atoms with van der Waals surface area (Å²) in [5.41, 5.74) is 2.69. The molecule has 0 atom stereocenters. The fraction of sp³-hybridized carbons (Fsp3) is 0.500. The fourth-order valence-electron chi connectivity index (χ4n) is 3.41. The average Bonchev–Trinajstić information content (AvgIpc) is 2.43. The average molecular weight is 287 g/mol. The van der Waals surface area contributed by atoms with Crippen LogP contribution in [0.1, 0.15) is 45.1 Å². The largest absolute Gasteiger partial charge is 0.478 e. The molecular weight excluding hydrogens is 262 g/mol. The molecule has 0 saturated carbocycles. The molecule has 1 aromatic rings. The zero-order chi connectivity index (χ0) is 15.3. The van der Waals surface area contributed by atoms with Crippen LogP contribution in [0.15, 0.2) is 30.3 Å². The van der Waals surface area contributed by atoms with Crippen LogP contribution in [0.2, 0.25) is 0 Å². The van der Waals surface area contributed by atoms with E-state index in [2.05, 4.69) is 30.9 Å². The van der Waals surface area contributed by atoms with E-state index >= 15 is 0 Å². The van der Waals surface area contributed by atoms with E-state index in [0.717, 1.165) is 18.7 Å². The highest BCUT2D eigenvalue weighted by atomic mass is 16.4. The van der Waals surface area contributed by atoms with Gasteiger partial charge in [0.15, 0.2) is 0 Å². The highest BCUT2D eigenvalue weighted by Crippen LogP contribution is 2.41. The third-order valence-corrected chi connectivity index (χ3v) is 4.29. The normalized spacial score (nSPS) is 17.0. The van der Waals surface area contributed by atoms with Crippen LogP contribution in [0.4, 0.5) is 5.69 Å². The van der Waals surface area contributed by atoms with Gasteiger partial charge in [-0.15, -0.1) is 0 Å². The van der Waals surface area contributed by atoms with E-state index in [0.29, 0.717) is 5.41 Å². The lowest BCUT2D eigenvalue weighted by atomic mass is 9.72. The monoisotopic (exact) mass is 287 g/mol. The smallest absolute Gasteiger partial charge is 0.328 e. The first-order valence-electron chi connectivity index (χ1n) is 7.84. The van der Waals surface area contributed by atoms with E-state index in [1.807, 2.05) is 12.1 Å². The number of hydrogen-bond donors (Lipinski definition) is 1. The number of hydrogen-bond acceptors (Lipinski definition) is 2. The topological polar surface area (TPSA) is 40.5 Å². The Bertz CT molecular complexity index is 490. The minimum Gasteiger partial charge on any atom is -0.478 e. The predicted molar refractivity (Wildman–Crippen MR) is 87.6 cm³/mol. The van der Waals surface area contributed by atoms with Crippen molar-refractivity contribution >= 4 is 17.7 Å². The highest BCUT2D eigenvalue weighted by Gasteiger charge is 2.41. The summed E-state index contributed by atoms with van der Waals surface area (Å²) in [7, 11) is 0. The van der Waals surface area contributed by atoms with Crippen molar-refractivity contribution in [3.05, 3.63) is 35.9 Å². The quantitative estimate of drug-likeness (QED) is 0.764. The first-order valence-corrected chi connectivity index (χ1v) is 7.84. The van der Waals surface area contributed by atoms with Gasteiger partial charge in [-0.25, -0.2) is 4.79 Å². The molecule has 1 fully saturated rings. The number of benzene rings is 1. The van der Waals surface area contributed by atoms with Gasteiger partial charge in [-0.1, -0.05) is 38.8 Å². The Morgan fingerprint density at radius 2 is 1.76 bits per heavy atom. The number of anilines is 1. The molecule has 0 spiro atoms. The Morgan fingerprint density at radius 3 is 2.24 bits per heavy atom. The lowest BCUT2D eigenvalue weighted by Crippen LogP contribution is -2.56. The van der Waals surface area contributed by atoms with E-state index in [4.69, 9.17) is 5.11 Å². The maximum atomic E-state index is 10.5. The second kappa shape index (κ2) is 6.79. The van der Waals surface area contributed by atoms with E-state index < -0.39 is 5.97 Å². The Morgan fingerprint density at radius 1 is 1.19 bits per heavy atom. The fourth-order valence-corrected chi connectivity index (χ4v) is 3.41. The molecular formula is C18H25NO2. The van der Waals surface area contributed by atoms with Gasteiger partial charge in [0.2, 0.25) is 0 Å². The summed E-state index contributed by atoms with van der Waals surface area (Å²) in [6.45, 7) is 6.84. The molecule has 0 unspecified atom stereocenters. The van der Waals surface area contributed by atoms with Gasteiger partial charge >= 0.3 is 5.97 Å². The second-order valence-corrected chi connectivity index (χ2v) is 6.12. The van der Waals surface area contributed by atoms with Crippen molar-refractivity contribution in [1.29, 1.82) is 0 Å². The van der Waals surface area contributed by atoms with Crippen LogP contribution in [0.5, 0.6) is 0 Å². The van der Waals surface area contributed by atoms with Crippen LogP contribution >= 0.6 is 0 Å². The number of carboxylic acids is 1. The zero-order valence-electron chi connectivity index (χ0n) is 13.0. The van der Waals surface area contributed by atoms with Gasteiger partial charge in [-0.3, -0.25) is 0 Å². The molecule has 1 aromatic carbocycles. The second-order valence-electron chi connectivity index (χ2n) is 6.12. The van der Waals surface area contributed by atoms with Gasteiger partial charge < -0.3 is 10.0 Å². The van der Waals surface area contributed by atoms with Crippen LogP contribution in [-0.2, 0) is 4.79 Å². The first kappa shape index (κ1) is 15.6. The van der Waals surface area contributed by atoms with E-state index in [1.54, 1.807) is 6.08 Å². The molecule has 1 heterocycles. The lowest BCUT2D eigenvalue weighted by molar-refractivity contribution is -0.131. The number of nitrogens with zero attached hydrogens (tertiary/aromatic N) is 1. The van der Waals surface area contributed by atoms with Crippen LogP contribution < -0.4 is 4.90 Å². The molecule has 3 heteroatoms. The molecule has 1 N–H and O–H groups in total. The maximum Gasteiger partial charge on any atom is 0.328 e. The van der Waals surface area contributed by atoms with E-state index in [9.17, 15) is 4.79 Å². The summed E-state index contributed by atoms with van der Waals surface area (Å²) in [4.78, 5) is 12.9.